The molecule has 3 nitrogen and oxygen atoms in total. The number of carbonyl (C=O) groups excluding carboxylic acids is 1. The van der Waals surface area contributed by atoms with Gasteiger partial charge in [0.05, 0.1) is 0 Å². The van der Waals surface area contributed by atoms with Gasteiger partial charge in [0, 0.05) is 30.7 Å². The van der Waals surface area contributed by atoms with Gasteiger partial charge in [-0.2, -0.15) is 0 Å². The molecule has 20 heavy (non-hydrogen) atoms. The molecule has 3 heteroatoms. The van der Waals surface area contributed by atoms with Crippen LogP contribution < -0.4 is 10.2 Å². The molecule has 1 aliphatic rings. The molecule has 0 bridgehead atoms. The van der Waals surface area contributed by atoms with E-state index in [1.54, 1.807) is 0 Å². The molecular weight excluding hydrogens is 248 g/mol. The summed E-state index contributed by atoms with van der Waals surface area (Å²) >= 11 is 0. The summed E-state index contributed by atoms with van der Waals surface area (Å²) in [5.41, 5.74) is 2.54. The third kappa shape index (κ3) is 3.75. The standard InChI is InChI=1S/C17H26N2O/c1-12(2)17(20)18-15-9-14(4)10-19(11-15)16-7-5-13(3)6-8-16/h5-8,12,14-15H,9-11H2,1-4H3,(H,18,20). The normalized spacial score (nSPS) is 22.9. The molecule has 0 aliphatic carbocycles. The van der Waals surface area contributed by atoms with Crippen LogP contribution >= 0.6 is 0 Å². The van der Waals surface area contributed by atoms with E-state index in [9.17, 15) is 4.79 Å². The maximum absolute atomic E-state index is 11.9. The summed E-state index contributed by atoms with van der Waals surface area (Å²) in [7, 11) is 0. The summed E-state index contributed by atoms with van der Waals surface area (Å²) in [6.07, 6.45) is 1.07. The average molecular weight is 274 g/mol. The van der Waals surface area contributed by atoms with Crippen molar-refractivity contribution in [3.8, 4) is 0 Å². The van der Waals surface area contributed by atoms with Crippen LogP contribution in [0.25, 0.3) is 0 Å². The molecule has 1 amide bonds. The molecule has 2 atom stereocenters. The van der Waals surface area contributed by atoms with Crippen LogP contribution in [0.2, 0.25) is 0 Å². The average Bonchev–Trinajstić information content (AvgIpc) is 2.38. The Balaban J connectivity index is 2.04. The second-order valence-electron chi connectivity index (χ2n) is 6.44. The van der Waals surface area contributed by atoms with Gasteiger partial charge in [-0.1, -0.05) is 38.5 Å². The maximum Gasteiger partial charge on any atom is 0.222 e. The summed E-state index contributed by atoms with van der Waals surface area (Å²) in [6, 6.07) is 8.91. The van der Waals surface area contributed by atoms with E-state index in [1.165, 1.54) is 11.3 Å². The third-order valence-electron chi connectivity index (χ3n) is 3.93. The number of benzene rings is 1. The summed E-state index contributed by atoms with van der Waals surface area (Å²) in [5, 5.41) is 3.18. The monoisotopic (exact) mass is 274 g/mol. The predicted octanol–water partition coefficient (Wildman–Crippen LogP) is 2.98. The lowest BCUT2D eigenvalue weighted by atomic mass is 9.95. The minimum Gasteiger partial charge on any atom is -0.369 e. The van der Waals surface area contributed by atoms with Gasteiger partial charge in [-0.25, -0.2) is 0 Å². The Kier molecular flexibility index (Phi) is 4.69. The van der Waals surface area contributed by atoms with Gasteiger partial charge in [-0.05, 0) is 31.4 Å². The van der Waals surface area contributed by atoms with Gasteiger partial charge in [0.25, 0.3) is 0 Å². The number of carbonyl (C=O) groups is 1. The fraction of sp³-hybridized carbons (Fsp3) is 0.588. The lowest BCUT2D eigenvalue weighted by Gasteiger charge is -2.38. The SMILES string of the molecule is Cc1ccc(N2CC(C)CC(NC(=O)C(C)C)C2)cc1. The van der Waals surface area contributed by atoms with Crippen LogP contribution in [0.15, 0.2) is 24.3 Å². The quantitative estimate of drug-likeness (QED) is 0.919. The molecular formula is C17H26N2O. The van der Waals surface area contributed by atoms with E-state index in [4.69, 9.17) is 0 Å². The van der Waals surface area contributed by atoms with Gasteiger partial charge in [0.15, 0.2) is 0 Å². The van der Waals surface area contributed by atoms with Crippen LogP contribution in [0.1, 0.15) is 32.8 Å². The van der Waals surface area contributed by atoms with Crippen molar-refractivity contribution in [2.45, 2.75) is 40.2 Å². The van der Waals surface area contributed by atoms with Crippen molar-refractivity contribution in [3.63, 3.8) is 0 Å². The molecule has 2 rings (SSSR count). The number of amides is 1. The first-order valence-corrected chi connectivity index (χ1v) is 7.57. The van der Waals surface area contributed by atoms with Crippen LogP contribution in [0, 0.1) is 18.8 Å². The smallest absolute Gasteiger partial charge is 0.222 e. The van der Waals surface area contributed by atoms with Gasteiger partial charge in [0.1, 0.15) is 0 Å². The topological polar surface area (TPSA) is 32.3 Å². The fourth-order valence-electron chi connectivity index (χ4n) is 2.79. The molecule has 0 saturated carbocycles. The molecule has 1 aromatic rings. The van der Waals surface area contributed by atoms with Crippen LogP contribution in [0.3, 0.4) is 0 Å². The zero-order valence-corrected chi connectivity index (χ0v) is 13.0. The maximum atomic E-state index is 11.9. The van der Waals surface area contributed by atoms with E-state index in [0.29, 0.717) is 5.92 Å². The fourth-order valence-corrected chi connectivity index (χ4v) is 2.79. The Labute approximate surface area is 122 Å². The molecule has 2 unspecified atom stereocenters. The van der Waals surface area contributed by atoms with Crippen molar-refractivity contribution in [2.24, 2.45) is 11.8 Å². The Morgan fingerprint density at radius 3 is 2.50 bits per heavy atom. The van der Waals surface area contributed by atoms with Crippen molar-refractivity contribution < 1.29 is 4.79 Å². The number of hydrogen-bond acceptors (Lipinski definition) is 2. The first kappa shape index (κ1) is 14.9. The van der Waals surface area contributed by atoms with Crippen molar-refractivity contribution >= 4 is 11.6 Å². The van der Waals surface area contributed by atoms with Crippen LogP contribution in [-0.2, 0) is 4.79 Å². The lowest BCUT2D eigenvalue weighted by molar-refractivity contribution is -0.124. The number of piperidine rings is 1. The molecule has 1 aliphatic heterocycles. The molecule has 1 fully saturated rings. The van der Waals surface area contributed by atoms with Crippen LogP contribution in [0.5, 0.6) is 0 Å². The van der Waals surface area contributed by atoms with Gasteiger partial charge in [-0.15, -0.1) is 0 Å². The zero-order chi connectivity index (χ0) is 14.7. The number of anilines is 1. The zero-order valence-electron chi connectivity index (χ0n) is 13.0. The molecule has 1 heterocycles. The van der Waals surface area contributed by atoms with Crippen LogP contribution in [-0.4, -0.2) is 25.0 Å². The largest absolute Gasteiger partial charge is 0.369 e. The summed E-state index contributed by atoms with van der Waals surface area (Å²) < 4.78 is 0. The van der Waals surface area contributed by atoms with E-state index in [1.807, 2.05) is 13.8 Å². The Bertz CT molecular complexity index is 453. The first-order valence-electron chi connectivity index (χ1n) is 7.57. The van der Waals surface area contributed by atoms with E-state index in [2.05, 4.69) is 48.3 Å². The molecule has 1 N–H and O–H groups in total. The van der Waals surface area contributed by atoms with E-state index in [0.717, 1.165) is 19.5 Å². The number of nitrogens with zero attached hydrogens (tertiary/aromatic N) is 1. The summed E-state index contributed by atoms with van der Waals surface area (Å²) in [4.78, 5) is 14.3. The highest BCUT2D eigenvalue weighted by atomic mass is 16.1. The molecule has 0 radical (unpaired) electrons. The highest BCUT2D eigenvalue weighted by Gasteiger charge is 2.26. The van der Waals surface area contributed by atoms with Gasteiger partial charge < -0.3 is 10.2 Å². The number of aryl methyl sites for hydroxylation is 1. The first-order chi connectivity index (χ1) is 9.45. The third-order valence-corrected chi connectivity index (χ3v) is 3.93. The van der Waals surface area contributed by atoms with Gasteiger partial charge in [0.2, 0.25) is 5.91 Å². The second-order valence-corrected chi connectivity index (χ2v) is 6.44. The van der Waals surface area contributed by atoms with Crippen molar-refractivity contribution in [1.29, 1.82) is 0 Å². The van der Waals surface area contributed by atoms with Crippen molar-refractivity contribution in [3.05, 3.63) is 29.8 Å². The minimum absolute atomic E-state index is 0.0556. The Morgan fingerprint density at radius 2 is 1.90 bits per heavy atom. The van der Waals surface area contributed by atoms with Gasteiger partial charge >= 0.3 is 0 Å². The highest BCUT2D eigenvalue weighted by Crippen LogP contribution is 2.23. The molecule has 0 aromatic heterocycles. The lowest BCUT2D eigenvalue weighted by Crippen LogP contribution is -2.51. The van der Waals surface area contributed by atoms with E-state index < -0.39 is 0 Å². The van der Waals surface area contributed by atoms with Gasteiger partial charge in [-0.3, -0.25) is 4.79 Å². The summed E-state index contributed by atoms with van der Waals surface area (Å²) in [5.74, 6) is 0.815. The van der Waals surface area contributed by atoms with E-state index >= 15 is 0 Å². The second kappa shape index (κ2) is 6.29. The summed E-state index contributed by atoms with van der Waals surface area (Å²) in [6.45, 7) is 10.2. The molecule has 1 saturated heterocycles. The van der Waals surface area contributed by atoms with E-state index in [-0.39, 0.29) is 17.9 Å². The molecule has 1 aromatic carbocycles. The Hall–Kier alpha value is -1.51. The van der Waals surface area contributed by atoms with Crippen LogP contribution in [0.4, 0.5) is 5.69 Å². The molecule has 110 valence electrons. The van der Waals surface area contributed by atoms with Crippen molar-refractivity contribution in [1.82, 2.24) is 5.32 Å². The predicted molar refractivity (Wildman–Crippen MR) is 83.9 cm³/mol. The Morgan fingerprint density at radius 1 is 1.25 bits per heavy atom. The molecule has 0 spiro atoms. The minimum atomic E-state index is 0.0556. The highest BCUT2D eigenvalue weighted by molar-refractivity contribution is 5.78. The number of hydrogen-bond donors (Lipinski definition) is 1. The number of rotatable bonds is 3. The van der Waals surface area contributed by atoms with Crippen molar-refractivity contribution in [2.75, 3.05) is 18.0 Å². The number of nitrogens with one attached hydrogen (secondary N) is 1.